The Hall–Kier alpha value is -8.65. The summed E-state index contributed by atoms with van der Waals surface area (Å²) in [6, 6.07) is 38.3. The first-order valence-corrected chi connectivity index (χ1v) is 25.1. The number of imidazole rings is 2. The summed E-state index contributed by atoms with van der Waals surface area (Å²) in [5.74, 6) is 2.54. The fraction of sp³-hybridized carbons (Fsp3) is 0.259. The number of hydrogen-bond donors (Lipinski definition) is 2. The number of ether oxygens (including phenoxy) is 4. The van der Waals surface area contributed by atoms with Crippen LogP contribution in [0.2, 0.25) is 0 Å². The molecule has 2 aliphatic rings. The van der Waals surface area contributed by atoms with E-state index in [1.165, 1.54) is 51.6 Å². The molecule has 2 aliphatic heterocycles. The second-order valence-corrected chi connectivity index (χ2v) is 18.0. The van der Waals surface area contributed by atoms with Crippen molar-refractivity contribution in [1.29, 1.82) is 0 Å². The van der Waals surface area contributed by atoms with E-state index in [1.54, 1.807) is 104 Å². The highest BCUT2D eigenvalue weighted by atomic mass is 19.1. The largest absolute Gasteiger partial charge is 0.486 e. The molecule has 3 N–H and O–H groups in total. The third-order valence-electron chi connectivity index (χ3n) is 12.1. The first-order chi connectivity index (χ1) is 37.5. The molecule has 0 aliphatic carbocycles. The highest BCUT2D eigenvalue weighted by Gasteiger charge is 2.22. The molecular formula is C58H61F2N9O8. The first kappa shape index (κ1) is 56.1. The van der Waals surface area contributed by atoms with Crippen LogP contribution < -0.4 is 24.7 Å². The SMILES string of the molecule is NC1CCN(Cc2ccc(F)cc2)CC1.O=C(COc1ccc(Oc2ccccn2)cc1)CC1CCN(Cc2ccc(F)cc2)CC1.O=C(O)COc1ccc(Oc2ccccn2)cc1.O=C(n1ccnc1)n1ccnc1. The number of carboxylic acid groups (broad SMARTS) is 1. The number of hydrogen-bond acceptors (Lipinski definition) is 14. The molecule has 0 spiro atoms. The highest BCUT2D eigenvalue weighted by Crippen LogP contribution is 2.25. The number of aromatic nitrogens is 6. The van der Waals surface area contributed by atoms with E-state index < -0.39 is 5.97 Å². The lowest BCUT2D eigenvalue weighted by Gasteiger charge is -2.31. The number of nitrogens with zero attached hydrogens (tertiary/aromatic N) is 8. The lowest BCUT2D eigenvalue weighted by atomic mass is 9.91. The maximum absolute atomic E-state index is 13.0. The van der Waals surface area contributed by atoms with Crippen molar-refractivity contribution >= 4 is 17.8 Å². The van der Waals surface area contributed by atoms with Gasteiger partial charge in [-0.15, -0.1) is 0 Å². The fourth-order valence-corrected chi connectivity index (χ4v) is 7.99. The van der Waals surface area contributed by atoms with Crippen molar-refractivity contribution in [3.8, 4) is 34.8 Å². The third kappa shape index (κ3) is 20.2. The lowest BCUT2D eigenvalue weighted by molar-refractivity contribution is -0.139. The summed E-state index contributed by atoms with van der Waals surface area (Å²) in [5, 5.41) is 8.47. The van der Waals surface area contributed by atoms with Crippen molar-refractivity contribution < 1.29 is 47.2 Å². The van der Waals surface area contributed by atoms with Crippen molar-refractivity contribution in [3.63, 3.8) is 0 Å². The van der Waals surface area contributed by atoms with Crippen LogP contribution in [0.5, 0.6) is 34.8 Å². The van der Waals surface area contributed by atoms with Crippen molar-refractivity contribution in [2.24, 2.45) is 11.7 Å². The zero-order valence-corrected chi connectivity index (χ0v) is 42.4. The van der Waals surface area contributed by atoms with Crippen molar-refractivity contribution in [2.45, 2.75) is 51.2 Å². The molecule has 4 aromatic heterocycles. The van der Waals surface area contributed by atoms with Gasteiger partial charge in [0, 0.05) is 74.9 Å². The smallest absolute Gasteiger partial charge is 0.341 e. The van der Waals surface area contributed by atoms with Gasteiger partial charge in [0.25, 0.3) is 0 Å². The van der Waals surface area contributed by atoms with E-state index in [-0.39, 0.29) is 36.7 Å². The number of carboxylic acids is 1. The maximum Gasteiger partial charge on any atom is 0.341 e. The van der Waals surface area contributed by atoms with Crippen LogP contribution in [-0.4, -0.2) is 107 Å². The zero-order valence-electron chi connectivity index (χ0n) is 42.4. The molecule has 4 aromatic carbocycles. The summed E-state index contributed by atoms with van der Waals surface area (Å²) in [6.45, 7) is 5.46. The molecule has 0 atom stereocenters. The highest BCUT2D eigenvalue weighted by molar-refractivity contribution is 5.80. The number of benzene rings is 4. The topological polar surface area (TPSA) is 202 Å². The van der Waals surface area contributed by atoms with E-state index in [1.807, 2.05) is 42.5 Å². The van der Waals surface area contributed by atoms with E-state index in [4.69, 9.17) is 29.8 Å². The molecule has 0 bridgehead atoms. The van der Waals surface area contributed by atoms with Gasteiger partial charge in [0.15, 0.2) is 12.4 Å². The molecule has 10 rings (SSSR count). The molecule has 0 saturated carbocycles. The number of aliphatic carboxylic acids is 1. The number of carbonyl (C=O) groups excluding carboxylic acids is 2. The Kier molecular flexibility index (Phi) is 21.9. The molecule has 77 heavy (non-hydrogen) atoms. The molecule has 400 valence electrons. The van der Waals surface area contributed by atoms with Gasteiger partial charge in [-0.25, -0.2) is 38.3 Å². The summed E-state index contributed by atoms with van der Waals surface area (Å²) in [5.41, 5.74) is 8.12. The van der Waals surface area contributed by atoms with Crippen LogP contribution in [0, 0.1) is 17.6 Å². The van der Waals surface area contributed by atoms with Crippen LogP contribution in [0.1, 0.15) is 43.2 Å². The number of carbonyl (C=O) groups is 3. The van der Waals surface area contributed by atoms with E-state index >= 15 is 0 Å². The maximum atomic E-state index is 13.0. The predicted octanol–water partition coefficient (Wildman–Crippen LogP) is 9.95. The molecule has 0 amide bonds. The lowest BCUT2D eigenvalue weighted by Crippen LogP contribution is -2.39. The number of likely N-dealkylation sites (tertiary alicyclic amines) is 2. The monoisotopic (exact) mass is 1050 g/mol. The van der Waals surface area contributed by atoms with E-state index in [0.29, 0.717) is 53.1 Å². The molecule has 2 saturated heterocycles. The minimum Gasteiger partial charge on any atom is -0.486 e. The van der Waals surface area contributed by atoms with Crippen LogP contribution in [0.3, 0.4) is 0 Å². The second-order valence-electron chi connectivity index (χ2n) is 18.0. The molecule has 6 heterocycles. The van der Waals surface area contributed by atoms with Crippen LogP contribution in [0.4, 0.5) is 13.6 Å². The van der Waals surface area contributed by atoms with Gasteiger partial charge in [0.05, 0.1) is 0 Å². The predicted molar refractivity (Wildman–Crippen MR) is 284 cm³/mol. The van der Waals surface area contributed by atoms with Crippen LogP contribution >= 0.6 is 0 Å². The van der Waals surface area contributed by atoms with Gasteiger partial charge in [-0.2, -0.15) is 0 Å². The van der Waals surface area contributed by atoms with E-state index in [0.717, 1.165) is 70.5 Å². The van der Waals surface area contributed by atoms with Crippen LogP contribution in [0.15, 0.2) is 183 Å². The summed E-state index contributed by atoms with van der Waals surface area (Å²) < 4.78 is 50.3. The van der Waals surface area contributed by atoms with Crippen LogP contribution in [-0.2, 0) is 22.7 Å². The zero-order chi connectivity index (χ0) is 54.0. The summed E-state index contributed by atoms with van der Waals surface area (Å²) >= 11 is 0. The quantitative estimate of drug-likeness (QED) is 0.0925. The first-order valence-electron chi connectivity index (χ1n) is 25.1. The van der Waals surface area contributed by atoms with Crippen molar-refractivity contribution in [1.82, 2.24) is 38.9 Å². The summed E-state index contributed by atoms with van der Waals surface area (Å²) in [4.78, 5) is 54.5. The van der Waals surface area contributed by atoms with Gasteiger partial charge in [-0.3, -0.25) is 23.7 Å². The Morgan fingerprint density at radius 1 is 0.545 bits per heavy atom. The third-order valence-corrected chi connectivity index (χ3v) is 12.1. The fourth-order valence-electron chi connectivity index (χ4n) is 7.99. The molecular weight excluding hydrogens is 989 g/mol. The minimum absolute atomic E-state index is 0.0796. The number of ketones is 1. The average Bonchev–Trinajstić information content (AvgIpc) is 4.21. The molecule has 17 nitrogen and oxygen atoms in total. The van der Waals surface area contributed by atoms with Crippen molar-refractivity contribution in [2.75, 3.05) is 39.4 Å². The van der Waals surface area contributed by atoms with E-state index in [2.05, 4.69) is 29.7 Å². The Bertz CT molecular complexity index is 2910. The average molecular weight is 1050 g/mol. The Morgan fingerprint density at radius 2 is 0.974 bits per heavy atom. The number of nitrogens with two attached hydrogens (primary N) is 1. The summed E-state index contributed by atoms with van der Waals surface area (Å²) in [7, 11) is 0. The van der Waals surface area contributed by atoms with Crippen molar-refractivity contribution in [3.05, 3.63) is 206 Å². The molecule has 19 heteroatoms. The number of halogens is 2. The van der Waals surface area contributed by atoms with Gasteiger partial charge in [0.2, 0.25) is 11.8 Å². The van der Waals surface area contributed by atoms with Gasteiger partial charge in [0.1, 0.15) is 53.9 Å². The number of Topliss-reactive ketones (excluding diaryl/α,β-unsaturated/α-hetero) is 1. The van der Waals surface area contributed by atoms with Crippen LogP contribution in [0.25, 0.3) is 0 Å². The minimum atomic E-state index is -1.01. The molecule has 0 unspecified atom stereocenters. The second kappa shape index (κ2) is 30.0. The Labute approximate surface area is 445 Å². The molecule has 2 fully saturated rings. The Morgan fingerprint density at radius 3 is 1.38 bits per heavy atom. The van der Waals surface area contributed by atoms with E-state index in [9.17, 15) is 23.2 Å². The summed E-state index contributed by atoms with van der Waals surface area (Å²) in [6.07, 6.45) is 17.2. The standard InChI is InChI=1S/C26H27FN2O3.C13H11NO4.C12H17FN2.C7H6N4O/c27-22-6-4-21(5-7-22)18-29-15-12-20(13-16-29)17-23(30)19-31-24-8-10-25(11-9-24)32-26-3-1-2-14-28-26;15-13(16)9-17-10-4-6-11(7-5-10)18-12-3-1-2-8-14-12;13-11-3-1-10(2-4-11)9-15-7-5-12(14)6-8-15;12-7(10-3-1-8-5-10)11-4-2-9-6-11/h1-11,14,20H,12-13,15-19H2;1-8H,9H2,(H,15,16);1-4,12H,5-9,14H2;1-6H. The number of pyridine rings is 2. The molecule has 8 aromatic rings. The van der Waals surface area contributed by atoms with Gasteiger partial charge >= 0.3 is 12.0 Å². The van der Waals surface area contributed by atoms with Gasteiger partial charge < -0.3 is 29.8 Å². The van der Waals surface area contributed by atoms with Gasteiger partial charge in [-0.1, -0.05) is 36.4 Å². The number of piperidine rings is 2. The Balaban J connectivity index is 0.000000162. The molecule has 0 radical (unpaired) electrons. The normalized spacial score (nSPS) is 13.8. The van der Waals surface area contributed by atoms with Gasteiger partial charge in [-0.05, 0) is 154 Å². The number of rotatable bonds is 16.